The molecule has 1 rings (SSSR count). The fourth-order valence-electron chi connectivity index (χ4n) is 1.96. The number of carbonyl (C=O) groups excluding carboxylic acids is 1. The van der Waals surface area contributed by atoms with Crippen LogP contribution in [0.5, 0.6) is 0 Å². The predicted molar refractivity (Wildman–Crippen MR) is 93.7 cm³/mol. The molecule has 1 fully saturated rings. The second kappa shape index (κ2) is 11.8. The highest BCUT2D eigenvalue weighted by Gasteiger charge is 2.15. The van der Waals surface area contributed by atoms with Crippen LogP contribution < -0.4 is 0 Å². The number of aliphatic hydroxyl groups is 1. The third kappa shape index (κ3) is 9.30. The Balaban J connectivity index is 1.95. The number of esters is 1. The molecule has 4 nitrogen and oxygen atoms in total. The van der Waals surface area contributed by atoms with E-state index in [4.69, 9.17) is 9.47 Å². The van der Waals surface area contributed by atoms with Gasteiger partial charge in [-0.05, 0) is 32.3 Å². The fraction of sp³-hybridized carbons (Fsp3) is 0.688. The van der Waals surface area contributed by atoms with E-state index >= 15 is 0 Å². The molecule has 1 aliphatic rings. The topological polar surface area (TPSA) is 55.8 Å². The van der Waals surface area contributed by atoms with Gasteiger partial charge in [0.25, 0.3) is 0 Å². The average Bonchev–Trinajstić information content (AvgIpc) is 3.02. The minimum absolute atomic E-state index is 0.0939. The lowest BCUT2D eigenvalue weighted by molar-refractivity contribution is -0.153. The van der Waals surface area contributed by atoms with E-state index in [2.05, 4.69) is 6.58 Å². The van der Waals surface area contributed by atoms with Crippen molar-refractivity contribution in [2.24, 2.45) is 0 Å². The standard InChI is InChI=1S/C16H26O4S2/c1-3-14(17)8-9-16(18)20-12-19-13(2)6-4-5-7-15-10-11-21-22-15/h3,15,17H,2,4-12H2,1H3/b14-3+. The summed E-state index contributed by atoms with van der Waals surface area (Å²) in [7, 11) is 3.98. The SMILES string of the molecule is C=C(CCCCC1CCSS1)OCOC(=O)CC/C(O)=C\C. The van der Waals surface area contributed by atoms with E-state index in [0.717, 1.165) is 18.1 Å². The van der Waals surface area contributed by atoms with E-state index < -0.39 is 0 Å². The molecule has 1 unspecified atom stereocenters. The van der Waals surface area contributed by atoms with E-state index in [0.29, 0.717) is 12.2 Å². The van der Waals surface area contributed by atoms with Gasteiger partial charge in [0.15, 0.2) is 0 Å². The van der Waals surface area contributed by atoms with Crippen molar-refractivity contribution >= 4 is 27.6 Å². The lowest BCUT2D eigenvalue weighted by Crippen LogP contribution is -2.08. The number of aliphatic hydroxyl groups excluding tert-OH is 1. The van der Waals surface area contributed by atoms with Crippen molar-refractivity contribution in [1.82, 2.24) is 0 Å². The number of ether oxygens (including phenoxy) is 2. The first-order valence-corrected chi connectivity index (χ1v) is 10.1. The van der Waals surface area contributed by atoms with Crippen molar-refractivity contribution < 1.29 is 19.4 Å². The van der Waals surface area contributed by atoms with Crippen molar-refractivity contribution in [2.75, 3.05) is 12.5 Å². The molecule has 0 aromatic carbocycles. The van der Waals surface area contributed by atoms with Gasteiger partial charge in [-0.1, -0.05) is 34.6 Å². The number of rotatable bonds is 11. The van der Waals surface area contributed by atoms with Crippen LogP contribution in [0.25, 0.3) is 0 Å². The zero-order valence-electron chi connectivity index (χ0n) is 13.2. The maximum atomic E-state index is 11.4. The monoisotopic (exact) mass is 346 g/mol. The second-order valence-corrected chi connectivity index (χ2v) is 7.96. The van der Waals surface area contributed by atoms with Crippen molar-refractivity contribution in [2.45, 2.75) is 57.1 Å². The van der Waals surface area contributed by atoms with Crippen LogP contribution >= 0.6 is 21.6 Å². The van der Waals surface area contributed by atoms with Gasteiger partial charge in [0.1, 0.15) is 0 Å². The third-order valence-corrected chi connectivity index (χ3v) is 6.37. The van der Waals surface area contributed by atoms with Gasteiger partial charge in [0, 0.05) is 23.8 Å². The quantitative estimate of drug-likeness (QED) is 0.187. The van der Waals surface area contributed by atoms with E-state index in [1.807, 2.05) is 21.6 Å². The highest BCUT2D eigenvalue weighted by molar-refractivity contribution is 8.77. The molecule has 0 aliphatic carbocycles. The lowest BCUT2D eigenvalue weighted by Gasteiger charge is -2.10. The predicted octanol–water partition coefficient (Wildman–Crippen LogP) is 4.97. The Kier molecular flexibility index (Phi) is 10.3. The highest BCUT2D eigenvalue weighted by Crippen LogP contribution is 2.39. The summed E-state index contributed by atoms with van der Waals surface area (Å²) in [5.41, 5.74) is 0. The Morgan fingerprint density at radius 2 is 2.14 bits per heavy atom. The van der Waals surface area contributed by atoms with Gasteiger partial charge in [0.2, 0.25) is 6.79 Å². The second-order valence-electron chi connectivity index (χ2n) is 5.17. The summed E-state index contributed by atoms with van der Waals surface area (Å²) < 4.78 is 10.2. The molecule has 0 aromatic heterocycles. The number of unbranched alkanes of at least 4 members (excludes halogenated alkanes) is 1. The Morgan fingerprint density at radius 3 is 2.82 bits per heavy atom. The number of allylic oxidation sites excluding steroid dienone is 3. The highest BCUT2D eigenvalue weighted by atomic mass is 33.1. The molecule has 0 saturated carbocycles. The molecule has 126 valence electrons. The van der Waals surface area contributed by atoms with Gasteiger partial charge < -0.3 is 14.6 Å². The first kappa shape index (κ1) is 19.3. The van der Waals surface area contributed by atoms with Gasteiger partial charge in [0.05, 0.1) is 17.9 Å². The van der Waals surface area contributed by atoms with Crippen LogP contribution in [0.1, 0.15) is 51.9 Å². The molecule has 0 bridgehead atoms. The first-order valence-electron chi connectivity index (χ1n) is 7.70. The fourth-order valence-corrected chi connectivity index (χ4v) is 4.98. The van der Waals surface area contributed by atoms with Crippen molar-refractivity contribution in [1.29, 1.82) is 0 Å². The maximum Gasteiger partial charge on any atom is 0.309 e. The average molecular weight is 347 g/mol. The molecule has 6 heteroatoms. The summed E-state index contributed by atoms with van der Waals surface area (Å²) in [5.74, 6) is 1.76. The van der Waals surface area contributed by atoms with Crippen molar-refractivity contribution in [3.05, 3.63) is 24.2 Å². The molecule has 1 saturated heterocycles. The van der Waals surface area contributed by atoms with Crippen LogP contribution in [0.3, 0.4) is 0 Å². The normalized spacial score (nSPS) is 18.2. The molecule has 1 atom stereocenters. The molecule has 1 aliphatic heterocycles. The number of carbonyl (C=O) groups is 1. The Morgan fingerprint density at radius 1 is 1.32 bits per heavy atom. The van der Waals surface area contributed by atoms with Crippen LogP contribution in [0.2, 0.25) is 0 Å². The van der Waals surface area contributed by atoms with Gasteiger partial charge >= 0.3 is 5.97 Å². The van der Waals surface area contributed by atoms with E-state index in [1.165, 1.54) is 25.0 Å². The Labute approximate surface area is 141 Å². The molecular weight excluding hydrogens is 320 g/mol. The summed E-state index contributed by atoms with van der Waals surface area (Å²) in [5, 5.41) is 10.0. The number of hydrogen-bond acceptors (Lipinski definition) is 6. The van der Waals surface area contributed by atoms with Crippen LogP contribution in [-0.4, -0.2) is 28.9 Å². The van der Waals surface area contributed by atoms with Crippen molar-refractivity contribution in [3.8, 4) is 0 Å². The minimum atomic E-state index is -0.378. The van der Waals surface area contributed by atoms with Gasteiger partial charge in [-0.15, -0.1) is 0 Å². The van der Waals surface area contributed by atoms with Gasteiger partial charge in [-0.3, -0.25) is 4.79 Å². The number of hydrogen-bond donors (Lipinski definition) is 1. The van der Waals surface area contributed by atoms with Gasteiger partial charge in [-0.2, -0.15) is 0 Å². The van der Waals surface area contributed by atoms with Crippen molar-refractivity contribution in [3.63, 3.8) is 0 Å². The van der Waals surface area contributed by atoms with E-state index in [1.54, 1.807) is 13.0 Å². The summed E-state index contributed by atoms with van der Waals surface area (Å²) in [4.78, 5) is 11.4. The third-order valence-electron chi connectivity index (χ3n) is 3.36. The molecule has 0 aromatic rings. The zero-order chi connectivity index (χ0) is 16.2. The molecule has 0 spiro atoms. The minimum Gasteiger partial charge on any atom is -0.513 e. The van der Waals surface area contributed by atoms with Crippen LogP contribution in [-0.2, 0) is 14.3 Å². The summed E-state index contributed by atoms with van der Waals surface area (Å²) in [6, 6.07) is 0. The molecule has 0 radical (unpaired) electrons. The van der Waals surface area contributed by atoms with Crippen LogP contribution in [0.4, 0.5) is 0 Å². The summed E-state index contributed by atoms with van der Waals surface area (Å²) in [6.07, 6.45) is 7.65. The lowest BCUT2D eigenvalue weighted by atomic mass is 10.1. The van der Waals surface area contributed by atoms with Crippen LogP contribution in [0, 0.1) is 0 Å². The summed E-state index contributed by atoms with van der Waals surface area (Å²) in [6.45, 7) is 5.46. The molecule has 0 amide bonds. The Hall–Kier alpha value is -0.750. The first-order chi connectivity index (χ1) is 10.6. The maximum absolute atomic E-state index is 11.4. The molecule has 22 heavy (non-hydrogen) atoms. The largest absolute Gasteiger partial charge is 0.513 e. The molecular formula is C16H26O4S2. The van der Waals surface area contributed by atoms with E-state index in [-0.39, 0.29) is 24.9 Å². The van der Waals surface area contributed by atoms with Crippen LogP contribution in [0.15, 0.2) is 24.2 Å². The Bertz CT molecular complexity index is 376. The smallest absolute Gasteiger partial charge is 0.309 e. The van der Waals surface area contributed by atoms with E-state index in [9.17, 15) is 9.90 Å². The zero-order valence-corrected chi connectivity index (χ0v) is 14.8. The van der Waals surface area contributed by atoms with Gasteiger partial charge in [-0.25, -0.2) is 0 Å². The summed E-state index contributed by atoms with van der Waals surface area (Å²) >= 11 is 0. The molecule has 1 heterocycles. The molecule has 1 N–H and O–H groups in total.